The third kappa shape index (κ3) is 6.97. The van der Waals surface area contributed by atoms with Crippen LogP contribution in [0.2, 0.25) is 0 Å². The van der Waals surface area contributed by atoms with Crippen molar-refractivity contribution in [3.05, 3.63) is 290 Å². The first-order valence-corrected chi connectivity index (χ1v) is 31.2. The maximum atomic E-state index is 2.51. The molecule has 0 fully saturated rings. The summed E-state index contributed by atoms with van der Waals surface area (Å²) in [5, 5.41) is 15.5. The van der Waals surface area contributed by atoms with Crippen molar-refractivity contribution < 1.29 is 0 Å². The summed E-state index contributed by atoms with van der Waals surface area (Å²) < 4.78 is 15.2. The third-order valence-corrected chi connectivity index (χ3v) is 20.6. The van der Waals surface area contributed by atoms with E-state index in [2.05, 4.69) is 298 Å². The standard InChI is InChI=1S/C80H50N4S2/c1-48-41-55(83-65-22-10-5-17-57(65)58-18-6-11-23-66(58)83)46-56(42-48)84-69-35-32-52(45-64(69)79-71(84)37-36-70-77(79)60-19-7-12-24-67(60)81(70)53-15-3-2-4-16-53)51-30-27-49(28-31-51)43-50-29-34-59-63-47-54(33-39-74(63)86-76(59)44-50)82-68-25-13-8-20-61(68)78-72(82)38-40-75-80(78)62-21-9-14-26-73(62)85-75/h2-42,44-47H,43H2,1H3. The molecule has 0 N–H and O–H groups in total. The Morgan fingerprint density at radius 2 is 0.721 bits per heavy atom. The summed E-state index contributed by atoms with van der Waals surface area (Å²) in [5.41, 5.74) is 20.5. The molecule has 0 bridgehead atoms. The van der Waals surface area contributed by atoms with E-state index in [1.54, 1.807) is 0 Å². The molecule has 0 aliphatic heterocycles. The summed E-state index contributed by atoms with van der Waals surface area (Å²) in [4.78, 5) is 0. The van der Waals surface area contributed by atoms with Crippen LogP contribution < -0.4 is 0 Å². The van der Waals surface area contributed by atoms with Gasteiger partial charge in [0.05, 0.1) is 44.1 Å². The molecule has 6 heterocycles. The van der Waals surface area contributed by atoms with E-state index in [9.17, 15) is 0 Å². The van der Waals surface area contributed by atoms with Crippen LogP contribution in [-0.4, -0.2) is 18.3 Å². The van der Waals surface area contributed by atoms with Gasteiger partial charge in [0, 0.05) is 106 Å². The fourth-order valence-corrected chi connectivity index (χ4v) is 17.0. The van der Waals surface area contributed by atoms with Crippen molar-refractivity contribution in [3.8, 4) is 33.9 Å². The highest BCUT2D eigenvalue weighted by Gasteiger charge is 2.24. The molecule has 6 aromatic heterocycles. The fourth-order valence-electron chi connectivity index (χ4n) is 14.7. The lowest BCUT2D eigenvalue weighted by Gasteiger charge is -2.14. The largest absolute Gasteiger partial charge is 0.309 e. The number of hydrogen-bond donors (Lipinski definition) is 0. The van der Waals surface area contributed by atoms with Crippen molar-refractivity contribution in [1.82, 2.24) is 18.3 Å². The number of thiophene rings is 2. The Kier molecular flexibility index (Phi) is 10.2. The average molecular weight is 1130 g/mol. The van der Waals surface area contributed by atoms with Crippen molar-refractivity contribution in [1.29, 1.82) is 0 Å². The molecule has 13 aromatic carbocycles. The Morgan fingerprint density at radius 3 is 1.42 bits per heavy atom. The van der Waals surface area contributed by atoms with E-state index in [1.165, 1.54) is 161 Å². The second-order valence-electron chi connectivity index (χ2n) is 23.3. The van der Waals surface area contributed by atoms with Gasteiger partial charge in [-0.3, -0.25) is 0 Å². The first-order valence-electron chi connectivity index (χ1n) is 29.6. The molecule has 19 rings (SSSR count). The number of nitrogens with zero attached hydrogens (tertiary/aromatic N) is 4. The molecular weight excluding hydrogens is 1080 g/mol. The number of aromatic nitrogens is 4. The van der Waals surface area contributed by atoms with E-state index in [4.69, 9.17) is 0 Å². The molecule has 86 heavy (non-hydrogen) atoms. The van der Waals surface area contributed by atoms with Crippen molar-refractivity contribution in [2.45, 2.75) is 13.3 Å². The molecule has 0 aliphatic carbocycles. The van der Waals surface area contributed by atoms with E-state index in [1.807, 2.05) is 22.7 Å². The molecule has 0 atom stereocenters. The molecule has 0 spiro atoms. The van der Waals surface area contributed by atoms with Gasteiger partial charge in [0.2, 0.25) is 0 Å². The van der Waals surface area contributed by atoms with Crippen molar-refractivity contribution in [2.75, 3.05) is 0 Å². The maximum absolute atomic E-state index is 2.51. The van der Waals surface area contributed by atoms with Gasteiger partial charge in [0.15, 0.2) is 0 Å². The molecule has 0 radical (unpaired) electrons. The lowest BCUT2D eigenvalue weighted by Crippen LogP contribution is -2.00. The minimum Gasteiger partial charge on any atom is -0.309 e. The van der Waals surface area contributed by atoms with Gasteiger partial charge in [0.1, 0.15) is 0 Å². The smallest absolute Gasteiger partial charge is 0.0548 e. The number of fused-ring (bicyclic) bond motifs is 20. The minimum absolute atomic E-state index is 0.853. The number of para-hydroxylation sites is 5. The first-order chi connectivity index (χ1) is 42.5. The maximum Gasteiger partial charge on any atom is 0.0548 e. The zero-order chi connectivity index (χ0) is 56.3. The minimum atomic E-state index is 0.853. The lowest BCUT2D eigenvalue weighted by molar-refractivity contribution is 1.12. The number of benzene rings is 13. The van der Waals surface area contributed by atoms with E-state index >= 15 is 0 Å². The van der Waals surface area contributed by atoms with Gasteiger partial charge in [0.25, 0.3) is 0 Å². The Balaban J connectivity index is 0.709. The summed E-state index contributed by atoms with van der Waals surface area (Å²) in [6.45, 7) is 2.23. The predicted octanol–water partition coefficient (Wildman–Crippen LogP) is 22.4. The summed E-state index contributed by atoms with van der Waals surface area (Å²) in [6.07, 6.45) is 0.853. The zero-order valence-corrected chi connectivity index (χ0v) is 48.4. The molecule has 19 aromatic rings. The number of aryl methyl sites for hydroxylation is 1. The van der Waals surface area contributed by atoms with Crippen LogP contribution in [0.5, 0.6) is 0 Å². The number of rotatable bonds is 7. The average Bonchev–Trinajstić information content (AvgIpc) is 1.64. The van der Waals surface area contributed by atoms with Gasteiger partial charge in [-0.05, 0) is 162 Å². The van der Waals surface area contributed by atoms with Crippen LogP contribution >= 0.6 is 22.7 Å². The van der Waals surface area contributed by atoms with Crippen molar-refractivity contribution in [3.63, 3.8) is 0 Å². The Morgan fingerprint density at radius 1 is 0.244 bits per heavy atom. The van der Waals surface area contributed by atoms with Gasteiger partial charge >= 0.3 is 0 Å². The van der Waals surface area contributed by atoms with Gasteiger partial charge in [-0.2, -0.15) is 0 Å². The SMILES string of the molecule is Cc1cc(-n2c3ccccc3c3ccccc32)cc(-n2c3ccc(-c4ccc(Cc5ccc6c(c5)sc5ccc(-n7c8ccccc8c8c9c(ccc87)sc7ccccc79)cc56)cc4)cc3c3c4c5ccccc5n(-c5ccccc5)c4ccc32)c1. The highest BCUT2D eigenvalue weighted by atomic mass is 32.1. The zero-order valence-electron chi connectivity index (χ0n) is 46.8. The van der Waals surface area contributed by atoms with Crippen LogP contribution in [0.3, 0.4) is 0 Å². The van der Waals surface area contributed by atoms with Crippen molar-refractivity contribution >= 4 is 150 Å². The van der Waals surface area contributed by atoms with Crippen LogP contribution in [0.1, 0.15) is 16.7 Å². The van der Waals surface area contributed by atoms with Crippen LogP contribution in [0.25, 0.3) is 161 Å². The molecule has 6 heteroatoms. The Labute approximate surface area is 502 Å². The van der Waals surface area contributed by atoms with Gasteiger partial charge in [-0.15, -0.1) is 22.7 Å². The first kappa shape index (κ1) is 47.9. The summed E-state index contributed by atoms with van der Waals surface area (Å²) in [6, 6.07) is 102. The number of hydrogen-bond acceptors (Lipinski definition) is 2. The van der Waals surface area contributed by atoms with E-state index < -0.39 is 0 Å². The van der Waals surface area contributed by atoms with Gasteiger partial charge in [-0.1, -0.05) is 152 Å². The summed E-state index contributed by atoms with van der Waals surface area (Å²) in [7, 11) is 0. The normalized spacial score (nSPS) is 12.3. The monoisotopic (exact) mass is 1130 g/mol. The quantitative estimate of drug-likeness (QED) is 0.152. The second kappa shape index (κ2) is 18.3. The molecule has 0 saturated carbocycles. The van der Waals surface area contributed by atoms with Gasteiger partial charge in [-0.25, -0.2) is 0 Å². The van der Waals surface area contributed by atoms with Crippen LogP contribution in [0.4, 0.5) is 0 Å². The summed E-state index contributed by atoms with van der Waals surface area (Å²) >= 11 is 3.78. The molecule has 4 nitrogen and oxygen atoms in total. The third-order valence-electron chi connectivity index (χ3n) is 18.4. The van der Waals surface area contributed by atoms with Crippen LogP contribution in [0.15, 0.2) is 273 Å². The highest BCUT2D eigenvalue weighted by molar-refractivity contribution is 7.26. The lowest BCUT2D eigenvalue weighted by atomic mass is 9.98. The van der Waals surface area contributed by atoms with Crippen LogP contribution in [0, 0.1) is 6.92 Å². The van der Waals surface area contributed by atoms with E-state index in [-0.39, 0.29) is 0 Å². The van der Waals surface area contributed by atoms with Gasteiger partial charge < -0.3 is 18.3 Å². The Hall–Kier alpha value is -10.5. The molecule has 0 unspecified atom stereocenters. The molecule has 0 saturated heterocycles. The molecule has 0 aliphatic rings. The highest BCUT2D eigenvalue weighted by Crippen LogP contribution is 2.47. The fraction of sp³-hybridized carbons (Fsp3) is 0.0250. The summed E-state index contributed by atoms with van der Waals surface area (Å²) in [5.74, 6) is 0. The molecule has 0 amide bonds. The van der Waals surface area contributed by atoms with E-state index in [0.29, 0.717) is 0 Å². The molecule has 402 valence electrons. The topological polar surface area (TPSA) is 19.7 Å². The van der Waals surface area contributed by atoms with Crippen LogP contribution in [-0.2, 0) is 6.42 Å². The predicted molar refractivity (Wildman–Crippen MR) is 369 cm³/mol. The Bertz CT molecular complexity index is 6010. The van der Waals surface area contributed by atoms with E-state index in [0.717, 1.165) is 23.5 Å². The second-order valence-corrected chi connectivity index (χ2v) is 25.4. The van der Waals surface area contributed by atoms with Crippen molar-refractivity contribution in [2.24, 2.45) is 0 Å². The molecular formula is C80H50N4S2.